The smallest absolute Gasteiger partial charge is 0.150 e. The Morgan fingerprint density at radius 2 is 2.05 bits per heavy atom. The van der Waals surface area contributed by atoms with Gasteiger partial charge in [-0.2, -0.15) is 0 Å². The number of phenolic OH excluding ortho intramolecular Hbond substituents is 1. The van der Waals surface area contributed by atoms with Crippen LogP contribution in [0.1, 0.15) is 41.3 Å². The van der Waals surface area contributed by atoms with E-state index in [1.165, 1.54) is 0 Å². The molecule has 0 saturated heterocycles. The van der Waals surface area contributed by atoms with Gasteiger partial charge in [0.25, 0.3) is 0 Å². The van der Waals surface area contributed by atoms with Crippen LogP contribution in [-0.2, 0) is 0 Å². The highest BCUT2D eigenvalue weighted by Crippen LogP contribution is 2.43. The van der Waals surface area contributed by atoms with Crippen molar-refractivity contribution in [3.8, 4) is 11.5 Å². The van der Waals surface area contributed by atoms with E-state index >= 15 is 0 Å². The average Bonchev–Trinajstić information content (AvgIpc) is 2.55. The molecule has 0 bridgehead atoms. The summed E-state index contributed by atoms with van der Waals surface area (Å²) in [6, 6.07) is 13.0. The summed E-state index contributed by atoms with van der Waals surface area (Å²) in [5.41, 5.74) is 1.80. The van der Waals surface area contributed by atoms with E-state index in [1.807, 2.05) is 30.3 Å². The van der Waals surface area contributed by atoms with Crippen molar-refractivity contribution in [2.24, 2.45) is 0 Å². The van der Waals surface area contributed by atoms with E-state index in [-0.39, 0.29) is 11.4 Å². The van der Waals surface area contributed by atoms with E-state index in [4.69, 9.17) is 4.74 Å². The minimum absolute atomic E-state index is 0.182. The molecule has 22 heavy (non-hydrogen) atoms. The molecular weight excluding hydrogens is 295 g/mol. The van der Waals surface area contributed by atoms with Gasteiger partial charge in [-0.25, -0.2) is 0 Å². The molecule has 0 aliphatic heterocycles. The highest BCUT2D eigenvalue weighted by molar-refractivity contribution is 7.47. The number of aromatic hydroxyl groups is 1. The summed E-state index contributed by atoms with van der Waals surface area (Å²) in [6.45, 7) is 2.13. The molecule has 2 aromatic rings. The summed E-state index contributed by atoms with van der Waals surface area (Å²) < 4.78 is 5.27. The van der Waals surface area contributed by atoms with Crippen LogP contribution in [0.3, 0.4) is 0 Å². The van der Waals surface area contributed by atoms with Crippen molar-refractivity contribution in [2.75, 3.05) is 7.11 Å². The number of carbonyl (C=O) groups is 1. The van der Waals surface area contributed by atoms with E-state index in [1.54, 1.807) is 19.2 Å². The Hall–Kier alpha value is -1.86. The van der Waals surface area contributed by atoms with Crippen molar-refractivity contribution in [1.82, 2.24) is 0 Å². The summed E-state index contributed by atoms with van der Waals surface area (Å²) in [5.74, 6) is 1.03. The maximum atomic E-state index is 11.2. The first-order valence-electron chi connectivity index (χ1n) is 7.37. The van der Waals surface area contributed by atoms with Crippen molar-refractivity contribution < 1.29 is 14.6 Å². The van der Waals surface area contributed by atoms with Gasteiger partial charge in [0, 0.05) is 16.8 Å². The van der Waals surface area contributed by atoms with E-state index in [2.05, 4.69) is 6.92 Å². The van der Waals surface area contributed by atoms with Gasteiger partial charge in [-0.05, 0) is 29.9 Å². The summed E-state index contributed by atoms with van der Waals surface area (Å²) in [6.07, 6.45) is 2.86. The third kappa shape index (κ3) is 3.86. The molecule has 0 aromatic heterocycles. The van der Waals surface area contributed by atoms with E-state index in [0.717, 1.165) is 41.3 Å². The number of hydrogen-bond donors (Lipinski definition) is 1. The molecule has 4 heteroatoms. The average molecular weight is 316 g/mol. The lowest BCUT2D eigenvalue weighted by atomic mass is 10.1. The van der Waals surface area contributed by atoms with Gasteiger partial charge in [-0.15, -0.1) is 0 Å². The molecule has 2 unspecified atom stereocenters. The highest BCUT2D eigenvalue weighted by Gasteiger charge is 2.17. The Kier molecular flexibility index (Phi) is 5.97. The Morgan fingerprint density at radius 3 is 2.73 bits per heavy atom. The molecule has 0 aliphatic rings. The SMILES string of the molecule is CCCC(Pc1ccccc1C=O)c1cc(OC)ccc1O. The molecule has 0 aliphatic carbocycles. The number of carbonyl (C=O) groups excluding carboxylic acids is 1. The molecule has 0 spiro atoms. The van der Waals surface area contributed by atoms with Gasteiger partial charge in [0.2, 0.25) is 0 Å². The van der Waals surface area contributed by atoms with Crippen LogP contribution in [0, 0.1) is 0 Å². The zero-order valence-corrected chi connectivity index (χ0v) is 13.9. The maximum absolute atomic E-state index is 11.2. The predicted molar refractivity (Wildman–Crippen MR) is 92.1 cm³/mol. The van der Waals surface area contributed by atoms with E-state index in [9.17, 15) is 9.90 Å². The van der Waals surface area contributed by atoms with Crippen molar-refractivity contribution in [2.45, 2.75) is 25.4 Å². The summed E-state index contributed by atoms with van der Waals surface area (Å²) in [5, 5.41) is 11.3. The second-order valence-corrected chi connectivity index (χ2v) is 6.64. The Balaban J connectivity index is 2.36. The van der Waals surface area contributed by atoms with Crippen molar-refractivity contribution in [3.63, 3.8) is 0 Å². The molecular formula is C18H21O3P. The van der Waals surface area contributed by atoms with Crippen molar-refractivity contribution in [1.29, 1.82) is 0 Å². The van der Waals surface area contributed by atoms with Crippen LogP contribution < -0.4 is 10.0 Å². The maximum Gasteiger partial charge on any atom is 0.150 e. The monoisotopic (exact) mass is 316 g/mol. The quantitative estimate of drug-likeness (QED) is 0.619. The first-order chi connectivity index (χ1) is 10.7. The third-order valence-corrected chi connectivity index (χ3v) is 5.32. The number of hydrogen-bond acceptors (Lipinski definition) is 3. The zero-order chi connectivity index (χ0) is 15.9. The number of benzene rings is 2. The number of phenols is 1. The first kappa shape index (κ1) is 16.5. The molecule has 2 rings (SSSR count). The van der Waals surface area contributed by atoms with Crippen molar-refractivity contribution >= 4 is 20.2 Å². The van der Waals surface area contributed by atoms with Crippen LogP contribution in [0.2, 0.25) is 0 Å². The Morgan fingerprint density at radius 1 is 1.27 bits per heavy atom. The molecule has 2 atom stereocenters. The van der Waals surface area contributed by atoms with E-state index in [0.29, 0.717) is 8.58 Å². The lowest BCUT2D eigenvalue weighted by molar-refractivity contribution is 0.112. The molecule has 116 valence electrons. The summed E-state index contributed by atoms with van der Waals surface area (Å²) in [4.78, 5) is 11.2. The number of ether oxygens (including phenoxy) is 1. The van der Waals surface area contributed by atoms with Gasteiger partial charge >= 0.3 is 0 Å². The van der Waals surface area contributed by atoms with Gasteiger partial charge in [0.1, 0.15) is 11.5 Å². The fraction of sp³-hybridized carbons (Fsp3) is 0.278. The topological polar surface area (TPSA) is 46.5 Å². The fourth-order valence-electron chi connectivity index (χ4n) is 2.45. The second kappa shape index (κ2) is 7.95. The Bertz CT molecular complexity index is 640. The molecule has 0 fully saturated rings. The fourth-order valence-corrected chi connectivity index (χ4v) is 4.15. The molecule has 3 nitrogen and oxygen atoms in total. The van der Waals surface area contributed by atoms with Gasteiger partial charge < -0.3 is 9.84 Å². The van der Waals surface area contributed by atoms with Crippen LogP contribution in [0.25, 0.3) is 0 Å². The normalized spacial score (nSPS) is 12.5. The van der Waals surface area contributed by atoms with Crippen LogP contribution in [0.5, 0.6) is 11.5 Å². The summed E-state index contributed by atoms with van der Waals surface area (Å²) in [7, 11) is 2.05. The van der Waals surface area contributed by atoms with Crippen LogP contribution >= 0.6 is 8.58 Å². The van der Waals surface area contributed by atoms with Crippen LogP contribution in [0.15, 0.2) is 42.5 Å². The molecule has 2 aromatic carbocycles. The zero-order valence-electron chi connectivity index (χ0n) is 12.9. The molecule has 0 amide bonds. The molecule has 1 N–H and O–H groups in total. The van der Waals surface area contributed by atoms with Crippen LogP contribution in [0.4, 0.5) is 0 Å². The lowest BCUT2D eigenvalue weighted by Crippen LogP contribution is -2.06. The van der Waals surface area contributed by atoms with Gasteiger partial charge in [0.15, 0.2) is 6.29 Å². The standard InChI is InChI=1S/C18H21O3P/c1-3-6-18(15-11-14(21-2)9-10-16(15)20)22-17-8-5-4-7-13(17)12-19/h4-5,7-12,18,20,22H,3,6H2,1-2H3. The van der Waals surface area contributed by atoms with E-state index < -0.39 is 0 Å². The Labute approximate surface area is 133 Å². The number of aldehydes is 1. The second-order valence-electron chi connectivity index (χ2n) is 5.12. The number of methoxy groups -OCH3 is 1. The predicted octanol–water partition coefficient (Wildman–Crippen LogP) is 4.06. The highest BCUT2D eigenvalue weighted by atomic mass is 31.1. The van der Waals surface area contributed by atoms with Gasteiger partial charge in [-0.1, -0.05) is 46.2 Å². The number of rotatable bonds is 7. The largest absolute Gasteiger partial charge is 0.508 e. The van der Waals surface area contributed by atoms with Gasteiger partial charge in [-0.3, -0.25) is 4.79 Å². The molecule has 0 saturated carbocycles. The van der Waals surface area contributed by atoms with Crippen LogP contribution in [-0.4, -0.2) is 18.5 Å². The molecule has 0 radical (unpaired) electrons. The lowest BCUT2D eigenvalue weighted by Gasteiger charge is -2.19. The molecule has 0 heterocycles. The minimum atomic E-state index is 0.182. The minimum Gasteiger partial charge on any atom is -0.508 e. The van der Waals surface area contributed by atoms with Gasteiger partial charge in [0.05, 0.1) is 7.11 Å². The van der Waals surface area contributed by atoms with Crippen molar-refractivity contribution in [3.05, 3.63) is 53.6 Å². The first-order valence-corrected chi connectivity index (χ1v) is 8.45. The third-order valence-electron chi connectivity index (χ3n) is 3.60. The summed E-state index contributed by atoms with van der Waals surface area (Å²) >= 11 is 0.